The molecule has 2 fully saturated rings. The average Bonchev–Trinajstić information content (AvgIpc) is 2.50. The van der Waals surface area contributed by atoms with Crippen molar-refractivity contribution in [3.8, 4) is 5.75 Å². The third kappa shape index (κ3) is 3.24. The fourth-order valence-electron chi connectivity index (χ4n) is 3.54. The van der Waals surface area contributed by atoms with E-state index in [4.69, 9.17) is 21.1 Å². The molecular formula is C17H21ClO3. The Labute approximate surface area is 130 Å². The molecule has 0 N–H and O–H groups in total. The fraction of sp³-hybridized carbons (Fsp3) is 0.588. The van der Waals surface area contributed by atoms with Crippen LogP contribution in [0.15, 0.2) is 18.2 Å². The molecule has 3 nitrogen and oxygen atoms in total. The number of carbonyl (C=O) groups is 1. The van der Waals surface area contributed by atoms with Crippen molar-refractivity contribution in [2.24, 2.45) is 0 Å². The van der Waals surface area contributed by atoms with Crippen molar-refractivity contribution in [2.45, 2.75) is 56.7 Å². The number of rotatable bonds is 3. The number of benzene rings is 1. The van der Waals surface area contributed by atoms with Crippen LogP contribution in [0.1, 0.15) is 55.3 Å². The van der Waals surface area contributed by atoms with Gasteiger partial charge in [-0.1, -0.05) is 36.9 Å². The molecule has 1 aliphatic carbocycles. The lowest BCUT2D eigenvalue weighted by atomic mass is 9.79. The Balaban J connectivity index is 1.74. The maximum atomic E-state index is 11.2. The molecule has 1 unspecified atom stereocenters. The third-order valence-corrected chi connectivity index (χ3v) is 4.92. The Morgan fingerprint density at radius 3 is 2.86 bits per heavy atom. The molecule has 3 rings (SSSR count). The largest absolute Gasteiger partial charge is 0.488 e. The molecule has 1 spiro atoms. The Morgan fingerprint density at radius 1 is 1.29 bits per heavy atom. The number of carbonyl (C=O) groups excluding carboxylic acids is 1. The van der Waals surface area contributed by atoms with Gasteiger partial charge in [0.25, 0.3) is 0 Å². The van der Waals surface area contributed by atoms with E-state index in [0.717, 1.165) is 38.6 Å². The van der Waals surface area contributed by atoms with E-state index in [9.17, 15) is 4.79 Å². The van der Waals surface area contributed by atoms with Gasteiger partial charge in [-0.2, -0.15) is 0 Å². The predicted molar refractivity (Wildman–Crippen MR) is 82.3 cm³/mol. The lowest BCUT2D eigenvalue weighted by Crippen LogP contribution is -2.45. The van der Waals surface area contributed by atoms with Crippen molar-refractivity contribution in [3.63, 3.8) is 0 Å². The van der Waals surface area contributed by atoms with E-state index in [1.807, 2.05) is 0 Å². The molecule has 1 atom stereocenters. The molecule has 0 bridgehead atoms. The second kappa shape index (κ2) is 6.37. The van der Waals surface area contributed by atoms with Gasteiger partial charge in [0.05, 0.1) is 22.8 Å². The molecule has 1 heterocycles. The summed E-state index contributed by atoms with van der Waals surface area (Å²) in [7, 11) is 0. The number of aldehydes is 1. The quantitative estimate of drug-likeness (QED) is 0.776. The Bertz CT molecular complexity index is 503. The van der Waals surface area contributed by atoms with Crippen LogP contribution in [-0.4, -0.2) is 24.6 Å². The van der Waals surface area contributed by atoms with Gasteiger partial charge in [-0.3, -0.25) is 4.79 Å². The summed E-state index contributed by atoms with van der Waals surface area (Å²) in [4.78, 5) is 11.2. The summed E-state index contributed by atoms with van der Waals surface area (Å²) in [5.41, 5.74) is 0.510. The van der Waals surface area contributed by atoms with Gasteiger partial charge in [-0.25, -0.2) is 0 Å². The highest BCUT2D eigenvalue weighted by atomic mass is 35.5. The van der Waals surface area contributed by atoms with Gasteiger partial charge >= 0.3 is 0 Å². The number of para-hydroxylation sites is 1. The standard InChI is InChI=1S/C17H21ClO3/c18-15-6-4-5-13(12-19)16(15)21-14-7-10-20-17(11-14)8-2-1-3-9-17/h4-6,12,14H,1-3,7-11H2. The number of hydrogen-bond acceptors (Lipinski definition) is 3. The lowest BCUT2D eigenvalue weighted by molar-refractivity contribution is -0.129. The van der Waals surface area contributed by atoms with Crippen molar-refractivity contribution < 1.29 is 14.3 Å². The van der Waals surface area contributed by atoms with Gasteiger partial charge in [-0.15, -0.1) is 0 Å². The Hall–Kier alpha value is -1.06. The second-order valence-corrected chi connectivity index (χ2v) is 6.51. The first-order valence-corrected chi connectivity index (χ1v) is 8.15. The summed E-state index contributed by atoms with van der Waals surface area (Å²) in [6.07, 6.45) is 8.65. The minimum absolute atomic E-state index is 0.0102. The molecule has 21 heavy (non-hydrogen) atoms. The van der Waals surface area contributed by atoms with Crippen molar-refractivity contribution in [1.29, 1.82) is 0 Å². The van der Waals surface area contributed by atoms with Crippen LogP contribution < -0.4 is 4.74 Å². The minimum atomic E-state index is -0.0102. The number of ether oxygens (including phenoxy) is 2. The average molecular weight is 309 g/mol. The van der Waals surface area contributed by atoms with Crippen LogP contribution in [-0.2, 0) is 4.74 Å². The monoisotopic (exact) mass is 308 g/mol. The van der Waals surface area contributed by atoms with Crippen LogP contribution >= 0.6 is 11.6 Å². The van der Waals surface area contributed by atoms with Crippen molar-refractivity contribution >= 4 is 17.9 Å². The topological polar surface area (TPSA) is 35.5 Å². The third-order valence-electron chi connectivity index (χ3n) is 4.62. The van der Waals surface area contributed by atoms with Crippen LogP contribution in [0.4, 0.5) is 0 Å². The summed E-state index contributed by atoms with van der Waals surface area (Å²) in [5.74, 6) is 0.520. The zero-order valence-electron chi connectivity index (χ0n) is 12.1. The molecule has 2 aliphatic rings. The van der Waals surface area contributed by atoms with Gasteiger partial charge in [0, 0.05) is 12.8 Å². The first kappa shape index (κ1) is 14.9. The summed E-state index contributed by atoms with van der Waals surface area (Å²) in [6.45, 7) is 0.728. The smallest absolute Gasteiger partial charge is 0.153 e. The summed E-state index contributed by atoms with van der Waals surface area (Å²) in [5, 5.41) is 0.504. The van der Waals surface area contributed by atoms with Crippen LogP contribution in [0.2, 0.25) is 5.02 Å². The minimum Gasteiger partial charge on any atom is -0.488 e. The van der Waals surface area contributed by atoms with E-state index >= 15 is 0 Å². The first-order chi connectivity index (χ1) is 10.2. The van der Waals surface area contributed by atoms with E-state index < -0.39 is 0 Å². The second-order valence-electron chi connectivity index (χ2n) is 6.10. The highest BCUT2D eigenvalue weighted by molar-refractivity contribution is 6.32. The maximum absolute atomic E-state index is 11.2. The van der Waals surface area contributed by atoms with Crippen LogP contribution in [0.25, 0.3) is 0 Å². The zero-order valence-corrected chi connectivity index (χ0v) is 12.9. The van der Waals surface area contributed by atoms with Gasteiger partial charge in [0.15, 0.2) is 6.29 Å². The van der Waals surface area contributed by atoms with E-state index in [1.165, 1.54) is 19.3 Å². The van der Waals surface area contributed by atoms with Crippen molar-refractivity contribution in [2.75, 3.05) is 6.61 Å². The number of hydrogen-bond donors (Lipinski definition) is 0. The van der Waals surface area contributed by atoms with E-state index in [2.05, 4.69) is 0 Å². The molecule has 1 saturated heterocycles. The molecule has 114 valence electrons. The van der Waals surface area contributed by atoms with Gasteiger partial charge < -0.3 is 9.47 Å². The first-order valence-electron chi connectivity index (χ1n) is 7.77. The lowest BCUT2D eigenvalue weighted by Gasteiger charge is -2.43. The molecule has 0 amide bonds. The van der Waals surface area contributed by atoms with Gasteiger partial charge in [0.2, 0.25) is 0 Å². The van der Waals surface area contributed by atoms with E-state index in [1.54, 1.807) is 18.2 Å². The molecule has 0 aromatic heterocycles. The molecule has 1 aromatic carbocycles. The molecule has 4 heteroatoms. The zero-order chi connectivity index (χ0) is 14.7. The molecule has 1 saturated carbocycles. The van der Waals surface area contributed by atoms with Crippen molar-refractivity contribution in [3.05, 3.63) is 28.8 Å². The highest BCUT2D eigenvalue weighted by Crippen LogP contribution is 2.40. The normalized spacial score (nSPS) is 24.7. The Kier molecular flexibility index (Phi) is 4.51. The van der Waals surface area contributed by atoms with Crippen LogP contribution in [0.3, 0.4) is 0 Å². The highest BCUT2D eigenvalue weighted by Gasteiger charge is 2.39. The van der Waals surface area contributed by atoms with E-state index in [0.29, 0.717) is 16.3 Å². The number of halogens is 1. The SMILES string of the molecule is O=Cc1cccc(Cl)c1OC1CCOC2(CCCCC2)C1. The summed E-state index contributed by atoms with van der Waals surface area (Å²) < 4.78 is 12.2. The maximum Gasteiger partial charge on any atom is 0.153 e. The Morgan fingerprint density at radius 2 is 2.10 bits per heavy atom. The fourth-order valence-corrected chi connectivity index (χ4v) is 3.76. The van der Waals surface area contributed by atoms with Gasteiger partial charge in [0.1, 0.15) is 11.9 Å². The van der Waals surface area contributed by atoms with E-state index in [-0.39, 0.29) is 11.7 Å². The van der Waals surface area contributed by atoms with Crippen LogP contribution in [0.5, 0.6) is 5.75 Å². The molecule has 1 aromatic rings. The predicted octanol–water partition coefficient (Wildman–Crippen LogP) is 4.41. The molecular weight excluding hydrogens is 288 g/mol. The summed E-state index contributed by atoms with van der Waals surface area (Å²) in [6, 6.07) is 5.27. The van der Waals surface area contributed by atoms with Crippen molar-refractivity contribution in [1.82, 2.24) is 0 Å². The van der Waals surface area contributed by atoms with Gasteiger partial charge in [-0.05, 0) is 25.0 Å². The molecule has 0 radical (unpaired) electrons. The van der Waals surface area contributed by atoms with Crippen LogP contribution in [0, 0.1) is 0 Å². The summed E-state index contributed by atoms with van der Waals surface area (Å²) >= 11 is 6.19. The molecule has 1 aliphatic heterocycles.